The van der Waals surface area contributed by atoms with Crippen molar-refractivity contribution < 1.29 is 13.9 Å². The van der Waals surface area contributed by atoms with Crippen LogP contribution in [0.5, 0.6) is 0 Å². The summed E-state index contributed by atoms with van der Waals surface area (Å²) in [7, 11) is 1.80. The Morgan fingerprint density at radius 2 is 2.08 bits per heavy atom. The fourth-order valence-corrected chi connectivity index (χ4v) is 3.35. The van der Waals surface area contributed by atoms with E-state index in [2.05, 4.69) is 25.4 Å². The molecular formula is C17H27N5O3. The molecule has 0 radical (unpaired) electrons. The van der Waals surface area contributed by atoms with Gasteiger partial charge in [0.05, 0.1) is 19.5 Å². The molecule has 3 rings (SSSR count). The van der Waals surface area contributed by atoms with Crippen molar-refractivity contribution in [1.82, 2.24) is 20.4 Å². The van der Waals surface area contributed by atoms with Gasteiger partial charge in [-0.2, -0.15) is 0 Å². The summed E-state index contributed by atoms with van der Waals surface area (Å²) in [5, 5.41) is 6.15. The van der Waals surface area contributed by atoms with Crippen molar-refractivity contribution in [1.29, 1.82) is 0 Å². The van der Waals surface area contributed by atoms with Crippen molar-refractivity contribution >= 4 is 11.9 Å². The van der Waals surface area contributed by atoms with Gasteiger partial charge in [-0.05, 0) is 18.6 Å². The number of amides is 1. The third kappa shape index (κ3) is 4.73. The molecule has 2 aliphatic rings. The minimum absolute atomic E-state index is 0.199. The maximum Gasteiger partial charge on any atom is 0.287 e. The van der Waals surface area contributed by atoms with Crippen molar-refractivity contribution in [2.45, 2.75) is 12.5 Å². The van der Waals surface area contributed by atoms with Crippen LogP contribution in [0.1, 0.15) is 17.0 Å². The molecule has 0 spiro atoms. The number of furan rings is 1. The number of carbonyl (C=O) groups excluding carboxylic acids is 1. The minimum Gasteiger partial charge on any atom is -0.459 e. The molecule has 2 aliphatic heterocycles. The summed E-state index contributed by atoms with van der Waals surface area (Å²) >= 11 is 0. The average molecular weight is 349 g/mol. The lowest BCUT2D eigenvalue weighted by Crippen LogP contribution is -2.47. The van der Waals surface area contributed by atoms with E-state index in [4.69, 9.17) is 9.15 Å². The number of carbonyl (C=O) groups is 1. The van der Waals surface area contributed by atoms with Crippen LogP contribution in [-0.2, 0) is 4.74 Å². The Morgan fingerprint density at radius 1 is 1.28 bits per heavy atom. The zero-order valence-electron chi connectivity index (χ0n) is 14.7. The number of hydrogen-bond donors (Lipinski definition) is 2. The lowest BCUT2D eigenvalue weighted by atomic mass is 10.2. The summed E-state index contributed by atoms with van der Waals surface area (Å²) in [6.07, 6.45) is 2.64. The maximum absolute atomic E-state index is 11.8. The Labute approximate surface area is 148 Å². The topological polar surface area (TPSA) is 82.3 Å². The Hall–Kier alpha value is -2.06. The van der Waals surface area contributed by atoms with Gasteiger partial charge in [-0.15, -0.1) is 0 Å². The molecular weight excluding hydrogens is 322 g/mol. The molecule has 1 amide bonds. The molecule has 0 aromatic carbocycles. The predicted molar refractivity (Wildman–Crippen MR) is 94.8 cm³/mol. The van der Waals surface area contributed by atoms with Crippen LogP contribution in [0.3, 0.4) is 0 Å². The first kappa shape index (κ1) is 17.8. The van der Waals surface area contributed by atoms with Gasteiger partial charge < -0.3 is 24.7 Å². The molecule has 1 atom stereocenters. The molecule has 138 valence electrons. The fraction of sp³-hybridized carbons (Fsp3) is 0.647. The molecule has 0 bridgehead atoms. The smallest absolute Gasteiger partial charge is 0.287 e. The number of aliphatic imine (C=N–C) groups is 1. The number of nitrogens with one attached hydrogen (secondary N) is 2. The molecule has 2 N–H and O–H groups in total. The Balaban J connectivity index is 1.38. The number of rotatable bonds is 5. The van der Waals surface area contributed by atoms with E-state index in [0.29, 0.717) is 24.9 Å². The Bertz CT molecular complexity index is 569. The van der Waals surface area contributed by atoms with E-state index in [-0.39, 0.29) is 5.91 Å². The number of morpholine rings is 1. The molecule has 8 heteroatoms. The molecule has 25 heavy (non-hydrogen) atoms. The Kier molecular flexibility index (Phi) is 6.30. The second-order valence-electron chi connectivity index (χ2n) is 6.24. The highest BCUT2D eigenvalue weighted by molar-refractivity contribution is 5.91. The molecule has 0 aliphatic carbocycles. The van der Waals surface area contributed by atoms with Gasteiger partial charge in [0.1, 0.15) is 0 Å². The zero-order chi connectivity index (χ0) is 17.5. The van der Waals surface area contributed by atoms with E-state index < -0.39 is 0 Å². The fourth-order valence-electron chi connectivity index (χ4n) is 3.35. The lowest BCUT2D eigenvalue weighted by molar-refractivity contribution is 0.0195. The molecule has 8 nitrogen and oxygen atoms in total. The van der Waals surface area contributed by atoms with Gasteiger partial charge in [-0.1, -0.05) is 0 Å². The van der Waals surface area contributed by atoms with Crippen molar-refractivity contribution in [3.63, 3.8) is 0 Å². The van der Waals surface area contributed by atoms with Crippen molar-refractivity contribution in [2.75, 3.05) is 59.5 Å². The summed E-state index contributed by atoms with van der Waals surface area (Å²) < 4.78 is 10.5. The van der Waals surface area contributed by atoms with E-state index in [1.807, 2.05) is 0 Å². The van der Waals surface area contributed by atoms with Gasteiger partial charge >= 0.3 is 0 Å². The SMILES string of the molecule is CN=C(NCCNC(=O)c1ccco1)N1CCC(N2CCOCC2)C1. The highest BCUT2D eigenvalue weighted by Gasteiger charge is 2.30. The third-order valence-electron chi connectivity index (χ3n) is 4.68. The van der Waals surface area contributed by atoms with Crippen LogP contribution in [0.25, 0.3) is 0 Å². The van der Waals surface area contributed by atoms with E-state index >= 15 is 0 Å². The molecule has 2 saturated heterocycles. The summed E-state index contributed by atoms with van der Waals surface area (Å²) in [5.74, 6) is 1.02. The molecule has 1 aromatic heterocycles. The number of ether oxygens (including phenoxy) is 1. The van der Waals surface area contributed by atoms with E-state index in [1.54, 1.807) is 19.2 Å². The second kappa shape index (κ2) is 8.87. The van der Waals surface area contributed by atoms with Crippen molar-refractivity contribution in [3.05, 3.63) is 24.2 Å². The van der Waals surface area contributed by atoms with Gasteiger partial charge in [0.25, 0.3) is 5.91 Å². The van der Waals surface area contributed by atoms with Crippen molar-refractivity contribution in [2.24, 2.45) is 4.99 Å². The van der Waals surface area contributed by atoms with Crippen LogP contribution >= 0.6 is 0 Å². The van der Waals surface area contributed by atoms with Gasteiger partial charge in [-0.3, -0.25) is 14.7 Å². The average Bonchev–Trinajstić information content (AvgIpc) is 3.34. The first-order valence-electron chi connectivity index (χ1n) is 8.87. The largest absolute Gasteiger partial charge is 0.459 e. The summed E-state index contributed by atoms with van der Waals surface area (Å²) in [6.45, 7) is 6.82. The van der Waals surface area contributed by atoms with E-state index in [0.717, 1.165) is 51.8 Å². The standard InChI is InChI=1S/C17H27N5O3/c1-18-17(20-6-5-19-16(23)15-3-2-10-25-15)22-7-4-14(13-22)21-8-11-24-12-9-21/h2-3,10,14H,4-9,11-13H2,1H3,(H,18,20)(H,19,23). The van der Waals surface area contributed by atoms with Gasteiger partial charge in [0, 0.05) is 52.4 Å². The zero-order valence-corrected chi connectivity index (χ0v) is 14.7. The highest BCUT2D eigenvalue weighted by atomic mass is 16.5. The van der Waals surface area contributed by atoms with Crippen molar-refractivity contribution in [3.8, 4) is 0 Å². The predicted octanol–water partition coefficient (Wildman–Crippen LogP) is -0.00870. The normalized spacial score (nSPS) is 22.2. The third-order valence-corrected chi connectivity index (χ3v) is 4.68. The van der Waals surface area contributed by atoms with Crippen LogP contribution < -0.4 is 10.6 Å². The monoisotopic (exact) mass is 349 g/mol. The molecule has 2 fully saturated rings. The van der Waals surface area contributed by atoms with Gasteiger partial charge in [0.2, 0.25) is 0 Å². The number of guanidine groups is 1. The Morgan fingerprint density at radius 3 is 2.80 bits per heavy atom. The molecule has 3 heterocycles. The molecule has 1 unspecified atom stereocenters. The van der Waals surface area contributed by atoms with Crippen LogP contribution in [0, 0.1) is 0 Å². The second-order valence-corrected chi connectivity index (χ2v) is 6.24. The van der Waals surface area contributed by atoms with Crippen LogP contribution in [0.15, 0.2) is 27.8 Å². The maximum atomic E-state index is 11.8. The number of likely N-dealkylation sites (tertiary alicyclic amines) is 1. The highest BCUT2D eigenvalue weighted by Crippen LogP contribution is 2.16. The van der Waals surface area contributed by atoms with Crippen LogP contribution in [-0.4, -0.2) is 87.2 Å². The lowest BCUT2D eigenvalue weighted by Gasteiger charge is -2.32. The van der Waals surface area contributed by atoms with Gasteiger partial charge in [0.15, 0.2) is 11.7 Å². The van der Waals surface area contributed by atoms with Crippen LogP contribution in [0.4, 0.5) is 0 Å². The molecule has 1 aromatic rings. The summed E-state index contributed by atoms with van der Waals surface area (Å²) in [6, 6.07) is 3.92. The first-order chi connectivity index (χ1) is 12.3. The summed E-state index contributed by atoms with van der Waals surface area (Å²) in [4.78, 5) is 21.0. The van der Waals surface area contributed by atoms with E-state index in [9.17, 15) is 4.79 Å². The first-order valence-corrected chi connectivity index (χ1v) is 8.87. The van der Waals surface area contributed by atoms with Crippen LogP contribution in [0.2, 0.25) is 0 Å². The quantitative estimate of drug-likeness (QED) is 0.442. The van der Waals surface area contributed by atoms with E-state index in [1.165, 1.54) is 6.26 Å². The molecule has 0 saturated carbocycles. The van der Waals surface area contributed by atoms with Gasteiger partial charge in [-0.25, -0.2) is 0 Å². The number of hydrogen-bond acceptors (Lipinski definition) is 5. The summed E-state index contributed by atoms with van der Waals surface area (Å²) in [5.41, 5.74) is 0. The number of nitrogens with zero attached hydrogens (tertiary/aromatic N) is 3. The minimum atomic E-state index is -0.199.